The molecule has 4 aromatic rings. The van der Waals surface area contributed by atoms with Crippen LogP contribution in [0.25, 0.3) is 22.0 Å². The number of Topliss-reactive ketones (excluding diaryl/α,β-unsaturated/α-hetero) is 1. The SMILES string of the molecule is COCc1c(C(=O)[C@H](C#N)c2nc3ccccc3[nH]2)oc2ccccc12. The van der Waals surface area contributed by atoms with Gasteiger partial charge in [-0.2, -0.15) is 5.26 Å². The van der Waals surface area contributed by atoms with Gasteiger partial charge >= 0.3 is 0 Å². The van der Waals surface area contributed by atoms with E-state index in [4.69, 9.17) is 9.15 Å². The van der Waals surface area contributed by atoms with Gasteiger partial charge in [0.25, 0.3) is 0 Å². The van der Waals surface area contributed by atoms with Gasteiger partial charge in [-0.3, -0.25) is 4.79 Å². The molecule has 2 aromatic heterocycles. The Morgan fingerprint density at radius 1 is 1.27 bits per heavy atom. The zero-order valence-electron chi connectivity index (χ0n) is 14.0. The molecule has 6 heteroatoms. The average Bonchev–Trinajstić information content (AvgIpc) is 3.24. The van der Waals surface area contributed by atoms with Crippen LogP contribution in [0.1, 0.15) is 27.9 Å². The number of nitrogens with one attached hydrogen (secondary N) is 1. The highest BCUT2D eigenvalue weighted by molar-refractivity contribution is 6.05. The smallest absolute Gasteiger partial charge is 0.223 e. The van der Waals surface area contributed by atoms with Crippen molar-refractivity contribution >= 4 is 27.8 Å². The lowest BCUT2D eigenvalue weighted by molar-refractivity contribution is 0.0945. The van der Waals surface area contributed by atoms with Gasteiger partial charge < -0.3 is 14.1 Å². The van der Waals surface area contributed by atoms with Crippen molar-refractivity contribution in [1.29, 1.82) is 5.26 Å². The number of imidazole rings is 1. The number of nitrogens with zero attached hydrogens (tertiary/aromatic N) is 2. The second-order valence-electron chi connectivity index (χ2n) is 5.90. The highest BCUT2D eigenvalue weighted by Crippen LogP contribution is 2.30. The van der Waals surface area contributed by atoms with Crippen LogP contribution in [0, 0.1) is 11.3 Å². The van der Waals surface area contributed by atoms with E-state index in [9.17, 15) is 10.1 Å². The molecule has 128 valence electrons. The van der Waals surface area contributed by atoms with Gasteiger partial charge in [0.1, 0.15) is 11.4 Å². The molecule has 0 aliphatic rings. The topological polar surface area (TPSA) is 91.9 Å². The van der Waals surface area contributed by atoms with E-state index >= 15 is 0 Å². The summed E-state index contributed by atoms with van der Waals surface area (Å²) in [6, 6.07) is 16.8. The molecule has 0 amide bonds. The summed E-state index contributed by atoms with van der Waals surface area (Å²) in [5.41, 5.74) is 2.71. The molecule has 1 N–H and O–H groups in total. The molecule has 0 aliphatic heterocycles. The van der Waals surface area contributed by atoms with Crippen LogP contribution in [-0.2, 0) is 11.3 Å². The predicted octanol–water partition coefficient (Wildman–Crippen LogP) is 3.95. The minimum atomic E-state index is -1.08. The zero-order chi connectivity index (χ0) is 18.1. The summed E-state index contributed by atoms with van der Waals surface area (Å²) in [4.78, 5) is 20.5. The first kappa shape index (κ1) is 16.1. The van der Waals surface area contributed by atoms with Gasteiger partial charge in [-0.15, -0.1) is 0 Å². The molecular formula is C20H15N3O3. The van der Waals surface area contributed by atoms with Crippen LogP contribution in [0.3, 0.4) is 0 Å². The number of methoxy groups -OCH3 is 1. The number of carbonyl (C=O) groups is 1. The molecular weight excluding hydrogens is 330 g/mol. The third kappa shape index (κ3) is 2.55. The molecule has 2 heterocycles. The first-order valence-electron chi connectivity index (χ1n) is 8.10. The lowest BCUT2D eigenvalue weighted by Gasteiger charge is -2.05. The van der Waals surface area contributed by atoms with Gasteiger partial charge in [0.2, 0.25) is 5.78 Å². The van der Waals surface area contributed by atoms with Crippen molar-refractivity contribution in [3.63, 3.8) is 0 Å². The summed E-state index contributed by atoms with van der Waals surface area (Å²) in [5.74, 6) is -1.07. The Morgan fingerprint density at radius 3 is 2.81 bits per heavy atom. The van der Waals surface area contributed by atoms with E-state index in [0.717, 1.165) is 10.9 Å². The standard InChI is InChI=1S/C20H15N3O3/c1-25-11-14-12-6-2-5-9-17(12)26-19(14)18(24)13(10-21)20-22-15-7-3-4-8-16(15)23-20/h2-9,13H,11H2,1H3,(H,22,23)/t13-/m0/s1. The third-order valence-electron chi connectivity index (χ3n) is 4.28. The normalized spacial score (nSPS) is 12.3. The number of carbonyl (C=O) groups excluding carboxylic acids is 1. The van der Waals surface area contributed by atoms with Gasteiger partial charge in [-0.25, -0.2) is 4.98 Å². The number of benzene rings is 2. The van der Waals surface area contributed by atoms with Crippen molar-refractivity contribution in [3.8, 4) is 6.07 Å². The Bertz CT molecular complexity index is 1120. The number of ketones is 1. The number of ether oxygens (including phenoxy) is 1. The van der Waals surface area contributed by atoms with Crippen LogP contribution in [0.5, 0.6) is 0 Å². The van der Waals surface area contributed by atoms with E-state index in [1.165, 1.54) is 0 Å². The number of hydrogen-bond donors (Lipinski definition) is 1. The molecule has 2 aromatic carbocycles. The van der Waals surface area contributed by atoms with E-state index in [0.29, 0.717) is 22.5 Å². The molecule has 0 bridgehead atoms. The van der Waals surface area contributed by atoms with E-state index in [2.05, 4.69) is 9.97 Å². The fourth-order valence-electron chi connectivity index (χ4n) is 3.07. The lowest BCUT2D eigenvalue weighted by atomic mass is 9.99. The summed E-state index contributed by atoms with van der Waals surface area (Å²) in [5, 5.41) is 10.4. The second-order valence-corrected chi connectivity index (χ2v) is 5.90. The van der Waals surface area contributed by atoms with Crippen molar-refractivity contribution < 1.29 is 13.9 Å². The molecule has 0 spiro atoms. The second kappa shape index (κ2) is 6.47. The summed E-state index contributed by atoms with van der Waals surface area (Å²) in [6.45, 7) is 0.219. The number of nitriles is 1. The third-order valence-corrected chi connectivity index (χ3v) is 4.28. The largest absolute Gasteiger partial charge is 0.453 e. The monoisotopic (exact) mass is 345 g/mol. The summed E-state index contributed by atoms with van der Waals surface area (Å²) < 4.78 is 11.0. The summed E-state index contributed by atoms with van der Waals surface area (Å²) in [6.07, 6.45) is 0. The van der Waals surface area contributed by atoms with Crippen molar-refractivity contribution in [2.24, 2.45) is 0 Å². The Hall–Kier alpha value is -3.43. The number of rotatable bonds is 5. The molecule has 0 unspecified atom stereocenters. The van der Waals surface area contributed by atoms with Gasteiger partial charge in [-0.1, -0.05) is 30.3 Å². The number of furan rings is 1. The highest BCUT2D eigenvalue weighted by Gasteiger charge is 2.30. The molecule has 0 saturated carbocycles. The number of hydrogen-bond acceptors (Lipinski definition) is 5. The summed E-state index contributed by atoms with van der Waals surface area (Å²) in [7, 11) is 1.55. The van der Waals surface area contributed by atoms with Crippen molar-refractivity contribution in [2.75, 3.05) is 7.11 Å². The number of aromatic amines is 1. The van der Waals surface area contributed by atoms with Crippen LogP contribution in [0.4, 0.5) is 0 Å². The van der Waals surface area contributed by atoms with E-state index in [-0.39, 0.29) is 12.4 Å². The predicted molar refractivity (Wildman–Crippen MR) is 95.7 cm³/mol. The number of para-hydroxylation sites is 3. The van der Waals surface area contributed by atoms with Gasteiger partial charge in [-0.05, 0) is 18.2 Å². The molecule has 4 rings (SSSR count). The molecule has 26 heavy (non-hydrogen) atoms. The van der Waals surface area contributed by atoms with Gasteiger partial charge in [0.05, 0.1) is 23.7 Å². The Labute approximate surface area is 149 Å². The minimum absolute atomic E-state index is 0.139. The fraction of sp³-hybridized carbons (Fsp3) is 0.150. The maximum absolute atomic E-state index is 13.1. The van der Waals surface area contributed by atoms with Crippen LogP contribution in [0.15, 0.2) is 52.9 Å². The lowest BCUT2D eigenvalue weighted by Crippen LogP contribution is -2.14. The highest BCUT2D eigenvalue weighted by atomic mass is 16.5. The number of fused-ring (bicyclic) bond motifs is 2. The first-order chi connectivity index (χ1) is 12.7. The minimum Gasteiger partial charge on any atom is -0.453 e. The van der Waals surface area contributed by atoms with Crippen molar-refractivity contribution in [1.82, 2.24) is 9.97 Å². The van der Waals surface area contributed by atoms with Crippen LogP contribution in [-0.4, -0.2) is 22.9 Å². The van der Waals surface area contributed by atoms with Crippen LogP contribution < -0.4 is 0 Å². The Kier molecular flexibility index (Phi) is 3.99. The molecule has 6 nitrogen and oxygen atoms in total. The van der Waals surface area contributed by atoms with Crippen molar-refractivity contribution in [3.05, 3.63) is 65.7 Å². The summed E-state index contributed by atoms with van der Waals surface area (Å²) >= 11 is 0. The van der Waals surface area contributed by atoms with E-state index < -0.39 is 11.7 Å². The maximum atomic E-state index is 13.1. The van der Waals surface area contributed by atoms with Crippen LogP contribution >= 0.6 is 0 Å². The molecule has 0 fully saturated rings. The maximum Gasteiger partial charge on any atom is 0.223 e. The average molecular weight is 345 g/mol. The molecule has 0 radical (unpaired) electrons. The fourth-order valence-corrected chi connectivity index (χ4v) is 3.07. The van der Waals surface area contributed by atoms with E-state index in [1.807, 2.05) is 48.5 Å². The van der Waals surface area contributed by atoms with Gasteiger partial charge in [0, 0.05) is 18.1 Å². The first-order valence-corrected chi connectivity index (χ1v) is 8.10. The number of H-pyrrole nitrogens is 1. The molecule has 1 atom stereocenters. The quantitative estimate of drug-likeness (QED) is 0.553. The molecule has 0 saturated heterocycles. The van der Waals surface area contributed by atoms with Crippen molar-refractivity contribution in [2.45, 2.75) is 12.5 Å². The molecule has 0 aliphatic carbocycles. The van der Waals surface area contributed by atoms with Crippen LogP contribution in [0.2, 0.25) is 0 Å². The number of aromatic nitrogens is 2. The zero-order valence-corrected chi connectivity index (χ0v) is 14.0. The van der Waals surface area contributed by atoms with Gasteiger partial charge in [0.15, 0.2) is 11.7 Å². The Balaban J connectivity index is 1.81. The van der Waals surface area contributed by atoms with E-state index in [1.54, 1.807) is 13.2 Å². The Morgan fingerprint density at radius 2 is 2.04 bits per heavy atom.